The first-order valence-electron chi connectivity index (χ1n) is 6.55. The Balaban J connectivity index is 2.02. The van der Waals surface area contributed by atoms with Crippen LogP contribution in [0.5, 0.6) is 5.75 Å². The fourth-order valence-electron chi connectivity index (χ4n) is 1.77. The summed E-state index contributed by atoms with van der Waals surface area (Å²) >= 11 is 0. The molecule has 0 aliphatic heterocycles. The monoisotopic (exact) mass is 288 g/mol. The molecule has 1 amide bonds. The van der Waals surface area contributed by atoms with E-state index in [0.29, 0.717) is 16.9 Å². The molecule has 1 atom stereocenters. The molecule has 5 heteroatoms. The molecule has 0 aliphatic carbocycles. The molecule has 0 radical (unpaired) electrons. The minimum absolute atomic E-state index is 0.0648. The van der Waals surface area contributed by atoms with Gasteiger partial charge >= 0.3 is 0 Å². The molecule has 0 aliphatic rings. The summed E-state index contributed by atoms with van der Waals surface area (Å²) in [6, 6.07) is 11.6. The van der Waals surface area contributed by atoms with Crippen LogP contribution in [0, 0.1) is 12.7 Å². The van der Waals surface area contributed by atoms with Crippen LogP contribution in [0.25, 0.3) is 0 Å². The van der Waals surface area contributed by atoms with Crippen molar-refractivity contribution in [2.45, 2.75) is 20.0 Å². The van der Waals surface area contributed by atoms with Crippen LogP contribution >= 0.6 is 0 Å². The van der Waals surface area contributed by atoms with E-state index in [1.54, 1.807) is 50.2 Å². The zero-order chi connectivity index (χ0) is 15.4. The molecule has 110 valence electrons. The van der Waals surface area contributed by atoms with Crippen LogP contribution in [0.3, 0.4) is 0 Å². The van der Waals surface area contributed by atoms with E-state index >= 15 is 0 Å². The van der Waals surface area contributed by atoms with Crippen LogP contribution in [0.1, 0.15) is 12.5 Å². The first-order valence-corrected chi connectivity index (χ1v) is 6.55. The third-order valence-corrected chi connectivity index (χ3v) is 3.01. The summed E-state index contributed by atoms with van der Waals surface area (Å²) in [7, 11) is 0. The van der Waals surface area contributed by atoms with Crippen LogP contribution < -0.4 is 15.8 Å². The average molecular weight is 288 g/mol. The van der Waals surface area contributed by atoms with Crippen molar-refractivity contribution in [1.29, 1.82) is 0 Å². The van der Waals surface area contributed by atoms with Gasteiger partial charge in [-0.1, -0.05) is 12.1 Å². The Labute approximate surface area is 122 Å². The summed E-state index contributed by atoms with van der Waals surface area (Å²) in [6.45, 7) is 3.20. The SMILES string of the molecule is Cc1cccc(OC(C)C(=O)Nc2ccc(N)cc2)c1F. The Morgan fingerprint density at radius 2 is 1.90 bits per heavy atom. The number of hydrogen-bond donors (Lipinski definition) is 2. The third kappa shape index (κ3) is 3.72. The molecule has 2 rings (SSSR count). The average Bonchev–Trinajstić information content (AvgIpc) is 2.46. The summed E-state index contributed by atoms with van der Waals surface area (Å²) in [4.78, 5) is 12.0. The highest BCUT2D eigenvalue weighted by Crippen LogP contribution is 2.21. The number of benzene rings is 2. The van der Waals surface area contributed by atoms with E-state index in [9.17, 15) is 9.18 Å². The van der Waals surface area contributed by atoms with Crippen LogP contribution in [-0.4, -0.2) is 12.0 Å². The second kappa shape index (κ2) is 6.26. The van der Waals surface area contributed by atoms with Crippen molar-refractivity contribution in [2.24, 2.45) is 0 Å². The van der Waals surface area contributed by atoms with E-state index in [4.69, 9.17) is 10.5 Å². The second-order valence-electron chi connectivity index (χ2n) is 4.76. The fraction of sp³-hybridized carbons (Fsp3) is 0.188. The van der Waals surface area contributed by atoms with E-state index < -0.39 is 11.9 Å². The molecule has 0 fully saturated rings. The van der Waals surface area contributed by atoms with Crippen molar-refractivity contribution in [3.8, 4) is 5.75 Å². The van der Waals surface area contributed by atoms with Gasteiger partial charge in [-0.25, -0.2) is 4.39 Å². The Morgan fingerprint density at radius 1 is 1.24 bits per heavy atom. The minimum atomic E-state index is -0.821. The predicted octanol–water partition coefficient (Wildman–Crippen LogP) is 3.12. The molecule has 4 nitrogen and oxygen atoms in total. The van der Waals surface area contributed by atoms with Gasteiger partial charge in [-0.3, -0.25) is 4.79 Å². The number of rotatable bonds is 4. The Morgan fingerprint density at radius 3 is 2.57 bits per heavy atom. The normalized spacial score (nSPS) is 11.8. The summed E-state index contributed by atoms with van der Waals surface area (Å²) in [6.07, 6.45) is -0.821. The fourth-order valence-corrected chi connectivity index (χ4v) is 1.77. The molecule has 0 aromatic heterocycles. The number of amides is 1. The first kappa shape index (κ1) is 14.8. The number of aryl methyl sites for hydroxylation is 1. The van der Waals surface area contributed by atoms with Gasteiger partial charge in [0, 0.05) is 11.4 Å². The number of halogens is 1. The van der Waals surface area contributed by atoms with Crippen molar-refractivity contribution >= 4 is 17.3 Å². The van der Waals surface area contributed by atoms with Crippen LogP contribution in [0.4, 0.5) is 15.8 Å². The van der Waals surface area contributed by atoms with E-state index in [0.717, 1.165) is 0 Å². The summed E-state index contributed by atoms with van der Waals surface area (Å²) < 4.78 is 19.2. The second-order valence-corrected chi connectivity index (χ2v) is 4.76. The van der Waals surface area contributed by atoms with Gasteiger partial charge in [-0.2, -0.15) is 0 Å². The predicted molar refractivity (Wildman–Crippen MR) is 80.7 cm³/mol. The Bertz CT molecular complexity index is 641. The number of ether oxygens (including phenoxy) is 1. The molecule has 2 aromatic carbocycles. The summed E-state index contributed by atoms with van der Waals surface area (Å²) in [5.74, 6) is -0.750. The van der Waals surface area contributed by atoms with Gasteiger partial charge in [0.05, 0.1) is 0 Å². The van der Waals surface area contributed by atoms with E-state index in [1.807, 2.05) is 0 Å². The lowest BCUT2D eigenvalue weighted by atomic mass is 10.2. The molecule has 0 saturated carbocycles. The molecule has 1 unspecified atom stereocenters. The molecule has 0 saturated heterocycles. The van der Waals surface area contributed by atoms with E-state index in [-0.39, 0.29) is 11.7 Å². The number of anilines is 2. The largest absolute Gasteiger partial charge is 0.478 e. The maximum absolute atomic E-state index is 13.8. The number of nitrogen functional groups attached to an aromatic ring is 1. The molecule has 2 aromatic rings. The highest BCUT2D eigenvalue weighted by molar-refractivity contribution is 5.94. The van der Waals surface area contributed by atoms with Gasteiger partial charge in [0.15, 0.2) is 17.7 Å². The Hall–Kier alpha value is -2.56. The standard InChI is InChI=1S/C16H17FN2O2/c1-10-4-3-5-14(15(10)17)21-11(2)16(20)19-13-8-6-12(18)7-9-13/h3-9,11H,18H2,1-2H3,(H,19,20). The zero-order valence-corrected chi connectivity index (χ0v) is 11.9. The van der Waals surface area contributed by atoms with Crippen LogP contribution in [0.15, 0.2) is 42.5 Å². The van der Waals surface area contributed by atoms with Crippen molar-refractivity contribution in [2.75, 3.05) is 11.1 Å². The van der Waals surface area contributed by atoms with Gasteiger partial charge in [-0.05, 0) is 49.7 Å². The highest BCUT2D eigenvalue weighted by Gasteiger charge is 2.17. The van der Waals surface area contributed by atoms with Crippen molar-refractivity contribution in [3.63, 3.8) is 0 Å². The molecular weight excluding hydrogens is 271 g/mol. The van der Waals surface area contributed by atoms with Gasteiger partial charge in [-0.15, -0.1) is 0 Å². The quantitative estimate of drug-likeness (QED) is 0.850. The maximum atomic E-state index is 13.8. The lowest BCUT2D eigenvalue weighted by Gasteiger charge is -2.15. The van der Waals surface area contributed by atoms with Crippen molar-refractivity contribution in [3.05, 3.63) is 53.8 Å². The van der Waals surface area contributed by atoms with Gasteiger partial charge in [0.2, 0.25) is 0 Å². The molecule has 21 heavy (non-hydrogen) atoms. The van der Waals surface area contributed by atoms with Gasteiger partial charge in [0.1, 0.15) is 0 Å². The topological polar surface area (TPSA) is 64.3 Å². The molecule has 0 heterocycles. The minimum Gasteiger partial charge on any atom is -0.478 e. The summed E-state index contributed by atoms with van der Waals surface area (Å²) in [5, 5.41) is 2.68. The highest BCUT2D eigenvalue weighted by atomic mass is 19.1. The summed E-state index contributed by atoms with van der Waals surface area (Å²) in [5.41, 5.74) is 7.26. The third-order valence-electron chi connectivity index (χ3n) is 3.01. The molecule has 3 N–H and O–H groups in total. The zero-order valence-electron chi connectivity index (χ0n) is 11.9. The van der Waals surface area contributed by atoms with Gasteiger partial charge < -0.3 is 15.8 Å². The maximum Gasteiger partial charge on any atom is 0.265 e. The smallest absolute Gasteiger partial charge is 0.265 e. The number of carbonyl (C=O) groups is 1. The van der Waals surface area contributed by atoms with E-state index in [1.165, 1.54) is 6.07 Å². The number of hydrogen-bond acceptors (Lipinski definition) is 3. The molecular formula is C16H17FN2O2. The number of carbonyl (C=O) groups excluding carboxylic acids is 1. The van der Waals surface area contributed by atoms with Crippen LogP contribution in [-0.2, 0) is 4.79 Å². The Kier molecular flexibility index (Phi) is 4.42. The first-order chi connectivity index (χ1) is 9.97. The van der Waals surface area contributed by atoms with Crippen molar-refractivity contribution < 1.29 is 13.9 Å². The molecule has 0 bridgehead atoms. The number of nitrogens with two attached hydrogens (primary N) is 1. The number of nitrogens with one attached hydrogen (secondary N) is 1. The lowest BCUT2D eigenvalue weighted by molar-refractivity contribution is -0.122. The van der Waals surface area contributed by atoms with Gasteiger partial charge in [0.25, 0.3) is 5.91 Å². The lowest BCUT2D eigenvalue weighted by Crippen LogP contribution is -2.30. The van der Waals surface area contributed by atoms with Crippen molar-refractivity contribution in [1.82, 2.24) is 0 Å². The molecule has 0 spiro atoms. The van der Waals surface area contributed by atoms with E-state index in [2.05, 4.69) is 5.32 Å². The van der Waals surface area contributed by atoms with Crippen LogP contribution in [0.2, 0.25) is 0 Å².